The topological polar surface area (TPSA) is 77.4 Å². The Balaban J connectivity index is -0.000000143. The maximum Gasteiger partial charge on any atom is 1.00 e. The summed E-state index contributed by atoms with van der Waals surface area (Å²) in [7, 11) is 0. The van der Waals surface area contributed by atoms with Gasteiger partial charge in [-0.1, -0.05) is 20.3 Å². The molecule has 0 rings (SSSR count). The van der Waals surface area contributed by atoms with E-state index in [2.05, 4.69) is 0 Å². The van der Waals surface area contributed by atoms with E-state index < -0.39 is 11.9 Å². The van der Waals surface area contributed by atoms with E-state index >= 15 is 0 Å². The van der Waals surface area contributed by atoms with Crippen LogP contribution in [0.1, 0.15) is 39.5 Å². The van der Waals surface area contributed by atoms with Crippen molar-refractivity contribution in [2.75, 3.05) is 0 Å². The first-order chi connectivity index (χ1) is 5.54. The van der Waals surface area contributed by atoms with Gasteiger partial charge < -0.3 is 15.0 Å². The molecule has 0 aliphatic carbocycles. The Bertz CT molecular complexity index is 120. The van der Waals surface area contributed by atoms with Crippen molar-refractivity contribution in [3.63, 3.8) is 0 Å². The van der Waals surface area contributed by atoms with Gasteiger partial charge in [-0.3, -0.25) is 4.79 Å². The Labute approximate surface area is 101 Å². The third-order valence-electron chi connectivity index (χ3n) is 0.918. The Morgan fingerprint density at radius 2 is 1.54 bits per heavy atom. The minimum atomic E-state index is -0.961. The number of rotatable bonds is 4. The van der Waals surface area contributed by atoms with Crippen LogP contribution in [-0.2, 0) is 9.59 Å². The molecule has 0 aliphatic rings. The molecule has 72 valence electrons. The van der Waals surface area contributed by atoms with Crippen molar-refractivity contribution in [2.24, 2.45) is 0 Å². The van der Waals surface area contributed by atoms with Crippen molar-refractivity contribution in [3.05, 3.63) is 0 Å². The minimum Gasteiger partial charge on any atom is -0.550 e. The third-order valence-corrected chi connectivity index (χ3v) is 0.918. The van der Waals surface area contributed by atoms with Crippen LogP contribution in [0.3, 0.4) is 0 Å². The van der Waals surface area contributed by atoms with Gasteiger partial charge in [0.15, 0.2) is 0 Å². The molecule has 4 nitrogen and oxygen atoms in total. The van der Waals surface area contributed by atoms with Gasteiger partial charge in [-0.05, 0) is 12.8 Å². The van der Waals surface area contributed by atoms with E-state index in [9.17, 15) is 14.7 Å². The summed E-state index contributed by atoms with van der Waals surface area (Å²) in [5.74, 6) is -1.67. The molecule has 0 atom stereocenters. The van der Waals surface area contributed by atoms with Gasteiger partial charge in [0.1, 0.15) is 0 Å². The Hall–Kier alpha value is -0.0600. The fraction of sp³-hybridized carbons (Fsp3) is 0.750. The zero-order valence-corrected chi connectivity index (χ0v) is 10.5. The quantitative estimate of drug-likeness (QED) is 0.503. The summed E-state index contributed by atoms with van der Waals surface area (Å²) in [5.41, 5.74) is 0. The predicted octanol–water partition coefficient (Wildman–Crippen LogP) is -2.59. The molecule has 0 spiro atoms. The van der Waals surface area contributed by atoms with E-state index in [1.165, 1.54) is 0 Å². The molecule has 0 radical (unpaired) electrons. The minimum absolute atomic E-state index is 0. The summed E-state index contributed by atoms with van der Waals surface area (Å²) in [6, 6.07) is 0. The fourth-order valence-electron chi connectivity index (χ4n) is 0.418. The first-order valence-electron chi connectivity index (χ1n) is 3.96. The normalized spacial score (nSPS) is 7.54. The molecule has 13 heavy (non-hydrogen) atoms. The maximum atomic E-state index is 9.60. The molecule has 1 N–H and O–H groups in total. The average Bonchev–Trinajstić information content (AvgIpc) is 1.87. The van der Waals surface area contributed by atoms with Crippen molar-refractivity contribution in [2.45, 2.75) is 39.5 Å². The van der Waals surface area contributed by atoms with Crippen LogP contribution >= 0.6 is 0 Å². The molecular formula is C8H15NaO4. The van der Waals surface area contributed by atoms with E-state index in [1.807, 2.05) is 6.92 Å². The van der Waals surface area contributed by atoms with Crippen LogP contribution in [0.25, 0.3) is 0 Å². The first-order valence-corrected chi connectivity index (χ1v) is 3.96. The SMILES string of the molecule is CCCC(=O)O.CCCC(=O)[O-].[Na+]. The van der Waals surface area contributed by atoms with Crippen LogP contribution in [0.4, 0.5) is 0 Å². The number of carbonyl (C=O) groups is 2. The van der Waals surface area contributed by atoms with Crippen LogP contribution in [-0.4, -0.2) is 17.0 Å². The zero-order chi connectivity index (χ0) is 9.98. The van der Waals surface area contributed by atoms with Crippen LogP contribution in [0.5, 0.6) is 0 Å². The molecule has 0 heterocycles. The summed E-state index contributed by atoms with van der Waals surface area (Å²) in [4.78, 5) is 19.1. The number of hydrogen-bond donors (Lipinski definition) is 1. The van der Waals surface area contributed by atoms with Crippen LogP contribution in [0.2, 0.25) is 0 Å². The molecule has 0 unspecified atom stereocenters. The molecule has 5 heteroatoms. The third kappa shape index (κ3) is 33.4. The summed E-state index contributed by atoms with van der Waals surface area (Å²) < 4.78 is 0. The maximum absolute atomic E-state index is 9.60. The van der Waals surface area contributed by atoms with Crippen LogP contribution in [0.15, 0.2) is 0 Å². The number of carboxylic acids is 2. The number of carboxylic acid groups (broad SMARTS) is 2. The predicted molar refractivity (Wildman–Crippen MR) is 42.5 cm³/mol. The molecule has 0 saturated heterocycles. The van der Waals surface area contributed by atoms with Gasteiger partial charge in [-0.15, -0.1) is 0 Å². The van der Waals surface area contributed by atoms with Crippen LogP contribution < -0.4 is 34.7 Å². The molecule has 0 aliphatic heterocycles. The largest absolute Gasteiger partial charge is 1.00 e. The van der Waals surface area contributed by atoms with E-state index in [0.717, 1.165) is 6.42 Å². The molecule has 0 fully saturated rings. The summed E-state index contributed by atoms with van der Waals surface area (Å²) in [5, 5.41) is 17.4. The molecule has 0 amide bonds. The number of carbonyl (C=O) groups excluding carboxylic acids is 1. The number of aliphatic carboxylic acids is 2. The van der Waals surface area contributed by atoms with Crippen molar-refractivity contribution in [1.82, 2.24) is 0 Å². The monoisotopic (exact) mass is 198 g/mol. The fourth-order valence-corrected chi connectivity index (χ4v) is 0.418. The standard InChI is InChI=1S/2C4H8O2.Na/c2*1-2-3-4(5)6;/h2*2-3H2,1H3,(H,5,6);/q;;+1/p-1. The van der Waals surface area contributed by atoms with Crippen molar-refractivity contribution >= 4 is 11.9 Å². The second-order valence-corrected chi connectivity index (χ2v) is 2.27. The average molecular weight is 198 g/mol. The van der Waals surface area contributed by atoms with Gasteiger partial charge in [0.25, 0.3) is 0 Å². The molecule has 0 aromatic rings. The van der Waals surface area contributed by atoms with Crippen LogP contribution in [0, 0.1) is 0 Å². The molecule has 0 saturated carbocycles. The zero-order valence-electron chi connectivity index (χ0n) is 8.50. The van der Waals surface area contributed by atoms with E-state index in [-0.39, 0.29) is 36.0 Å². The van der Waals surface area contributed by atoms with E-state index in [0.29, 0.717) is 12.8 Å². The molecular weight excluding hydrogens is 183 g/mol. The molecule has 0 aromatic carbocycles. The molecule has 0 aromatic heterocycles. The first kappa shape index (κ1) is 18.7. The second-order valence-electron chi connectivity index (χ2n) is 2.27. The van der Waals surface area contributed by atoms with Gasteiger partial charge in [0.05, 0.1) is 0 Å². The van der Waals surface area contributed by atoms with Crippen molar-refractivity contribution in [1.29, 1.82) is 0 Å². The van der Waals surface area contributed by atoms with Gasteiger partial charge in [-0.2, -0.15) is 0 Å². The Morgan fingerprint density at radius 1 is 1.15 bits per heavy atom. The Kier molecular flexibility index (Phi) is 20.8. The molecule has 0 bridgehead atoms. The van der Waals surface area contributed by atoms with Crippen molar-refractivity contribution < 1.29 is 49.4 Å². The summed E-state index contributed by atoms with van der Waals surface area (Å²) in [6.45, 7) is 3.64. The second kappa shape index (κ2) is 14.5. The number of hydrogen-bond acceptors (Lipinski definition) is 3. The van der Waals surface area contributed by atoms with Crippen molar-refractivity contribution in [3.8, 4) is 0 Å². The van der Waals surface area contributed by atoms with Gasteiger partial charge in [0.2, 0.25) is 0 Å². The van der Waals surface area contributed by atoms with E-state index in [4.69, 9.17) is 5.11 Å². The smallest absolute Gasteiger partial charge is 0.550 e. The van der Waals surface area contributed by atoms with Gasteiger partial charge in [-0.25, -0.2) is 0 Å². The summed E-state index contributed by atoms with van der Waals surface area (Å²) in [6.07, 6.45) is 1.87. The van der Waals surface area contributed by atoms with E-state index in [1.54, 1.807) is 6.92 Å². The van der Waals surface area contributed by atoms with Gasteiger partial charge in [0, 0.05) is 12.4 Å². The summed E-state index contributed by atoms with van der Waals surface area (Å²) >= 11 is 0. The van der Waals surface area contributed by atoms with Gasteiger partial charge >= 0.3 is 35.5 Å². The Morgan fingerprint density at radius 3 is 1.54 bits per heavy atom.